The predicted octanol–water partition coefficient (Wildman–Crippen LogP) is 1.98. The second-order valence-corrected chi connectivity index (χ2v) is 8.10. The quantitative estimate of drug-likeness (QED) is 0.890. The lowest BCUT2D eigenvalue weighted by atomic mass is 10.1. The first-order chi connectivity index (χ1) is 9.70. The number of thiophene rings is 1. The molecule has 0 aromatic carbocycles. The van der Waals surface area contributed by atoms with E-state index in [9.17, 15) is 21.6 Å². The number of fused-ring (bicyclic) bond motifs is 1. The normalized spacial score (nSPS) is 18.5. The van der Waals surface area contributed by atoms with Crippen LogP contribution in [0.5, 0.6) is 0 Å². The molecule has 0 spiro atoms. The maximum Gasteiger partial charge on any atom is 0.406 e. The molecule has 0 saturated heterocycles. The summed E-state index contributed by atoms with van der Waals surface area (Å²) in [5.41, 5.74) is 1.22. The molecule has 1 aromatic heterocycles. The number of nitrogens with zero attached hydrogens (tertiary/aromatic N) is 1. The second-order valence-electron chi connectivity index (χ2n) is 5.02. The van der Waals surface area contributed by atoms with Crippen molar-refractivity contribution < 1.29 is 21.6 Å². The minimum atomic E-state index is -4.75. The van der Waals surface area contributed by atoms with Gasteiger partial charge in [-0.05, 0) is 30.4 Å². The molecule has 120 valence electrons. The largest absolute Gasteiger partial charge is 0.406 e. The Morgan fingerprint density at radius 1 is 1.48 bits per heavy atom. The lowest BCUT2D eigenvalue weighted by Crippen LogP contribution is -2.44. The summed E-state index contributed by atoms with van der Waals surface area (Å²) in [6.45, 7) is 2.56. The van der Waals surface area contributed by atoms with Gasteiger partial charge in [0.25, 0.3) is 0 Å². The molecule has 1 aromatic rings. The Kier molecular flexibility index (Phi) is 4.96. The lowest BCUT2D eigenvalue weighted by molar-refractivity contribution is -0.127. The van der Waals surface area contributed by atoms with E-state index in [1.807, 2.05) is 21.1 Å². The molecule has 1 atom stereocenters. The van der Waals surface area contributed by atoms with Crippen molar-refractivity contribution in [2.75, 3.05) is 19.6 Å². The number of rotatable bonds is 5. The molecule has 0 aliphatic carbocycles. The van der Waals surface area contributed by atoms with E-state index in [0.717, 1.165) is 19.5 Å². The summed E-state index contributed by atoms with van der Waals surface area (Å²) in [7, 11) is -4.37. The van der Waals surface area contributed by atoms with Crippen LogP contribution >= 0.6 is 11.3 Å². The summed E-state index contributed by atoms with van der Waals surface area (Å²) in [5, 5.41) is -0.378. The standard InChI is InChI=1S/C12H17F3N2O2S2/c1-9(12(13,14)15)21(18,19)16-4-6-17-5-2-11-10(8-17)3-7-20-11/h3,7,9,16H,2,4-6,8H2,1H3/t9-/m0/s1. The van der Waals surface area contributed by atoms with Crippen molar-refractivity contribution in [3.8, 4) is 0 Å². The molecule has 1 aliphatic rings. The molecule has 0 saturated carbocycles. The van der Waals surface area contributed by atoms with Gasteiger partial charge in [0.05, 0.1) is 0 Å². The van der Waals surface area contributed by atoms with E-state index >= 15 is 0 Å². The monoisotopic (exact) mass is 342 g/mol. The highest BCUT2D eigenvalue weighted by Crippen LogP contribution is 2.25. The Morgan fingerprint density at radius 3 is 2.86 bits per heavy atom. The van der Waals surface area contributed by atoms with Crippen molar-refractivity contribution in [1.82, 2.24) is 9.62 Å². The molecule has 2 rings (SSSR count). The third-order valence-electron chi connectivity index (χ3n) is 3.54. The van der Waals surface area contributed by atoms with Crippen LogP contribution in [0.25, 0.3) is 0 Å². The molecule has 0 amide bonds. The van der Waals surface area contributed by atoms with Gasteiger partial charge in [0.2, 0.25) is 10.0 Å². The first-order valence-electron chi connectivity index (χ1n) is 6.53. The van der Waals surface area contributed by atoms with Crippen molar-refractivity contribution in [2.24, 2.45) is 0 Å². The number of halogens is 3. The van der Waals surface area contributed by atoms with Crippen LogP contribution in [0.1, 0.15) is 17.4 Å². The highest BCUT2D eigenvalue weighted by Gasteiger charge is 2.44. The highest BCUT2D eigenvalue weighted by molar-refractivity contribution is 7.90. The molecule has 4 nitrogen and oxygen atoms in total. The molecular formula is C12H17F3N2O2S2. The van der Waals surface area contributed by atoms with E-state index in [2.05, 4.69) is 0 Å². The van der Waals surface area contributed by atoms with Crippen LogP contribution in [0, 0.1) is 0 Å². The van der Waals surface area contributed by atoms with Crippen molar-refractivity contribution in [3.63, 3.8) is 0 Å². The van der Waals surface area contributed by atoms with Crippen LogP contribution in [0.15, 0.2) is 11.4 Å². The first kappa shape index (κ1) is 16.7. The van der Waals surface area contributed by atoms with Crippen molar-refractivity contribution in [1.29, 1.82) is 0 Å². The van der Waals surface area contributed by atoms with Crippen LogP contribution in [0.4, 0.5) is 13.2 Å². The fourth-order valence-corrected chi connectivity index (χ4v) is 4.01. The molecule has 0 bridgehead atoms. The van der Waals surface area contributed by atoms with E-state index in [1.54, 1.807) is 11.3 Å². The van der Waals surface area contributed by atoms with Gasteiger partial charge in [0, 0.05) is 31.1 Å². The van der Waals surface area contributed by atoms with Gasteiger partial charge in [-0.2, -0.15) is 13.2 Å². The first-order valence-corrected chi connectivity index (χ1v) is 8.95. The van der Waals surface area contributed by atoms with Crippen LogP contribution < -0.4 is 4.72 Å². The van der Waals surface area contributed by atoms with Gasteiger partial charge >= 0.3 is 6.18 Å². The Labute approximate surface area is 126 Å². The van der Waals surface area contributed by atoms with E-state index in [0.29, 0.717) is 13.5 Å². The molecule has 9 heteroatoms. The van der Waals surface area contributed by atoms with Crippen LogP contribution in [0.2, 0.25) is 0 Å². The van der Waals surface area contributed by atoms with Gasteiger partial charge in [-0.3, -0.25) is 4.90 Å². The van der Waals surface area contributed by atoms with Gasteiger partial charge in [0.15, 0.2) is 5.25 Å². The third kappa shape index (κ3) is 4.18. The van der Waals surface area contributed by atoms with Crippen LogP contribution in [-0.2, 0) is 23.0 Å². The van der Waals surface area contributed by atoms with Gasteiger partial charge < -0.3 is 0 Å². The average molecular weight is 342 g/mol. The number of hydrogen-bond acceptors (Lipinski definition) is 4. The zero-order valence-electron chi connectivity index (χ0n) is 11.5. The number of nitrogens with one attached hydrogen (secondary N) is 1. The topological polar surface area (TPSA) is 49.4 Å². The molecule has 1 N–H and O–H groups in total. The Bertz CT molecular complexity index is 584. The Morgan fingerprint density at radius 2 is 2.19 bits per heavy atom. The van der Waals surface area contributed by atoms with Crippen molar-refractivity contribution in [2.45, 2.75) is 31.3 Å². The summed E-state index contributed by atoms with van der Waals surface area (Å²) in [6.07, 6.45) is -3.85. The second kappa shape index (κ2) is 6.23. The maximum absolute atomic E-state index is 12.4. The van der Waals surface area contributed by atoms with E-state index < -0.39 is 21.4 Å². The molecule has 21 heavy (non-hydrogen) atoms. The van der Waals surface area contributed by atoms with Gasteiger partial charge in [0.1, 0.15) is 0 Å². The fourth-order valence-electron chi connectivity index (χ4n) is 2.14. The molecule has 0 fully saturated rings. The summed E-state index contributed by atoms with van der Waals surface area (Å²) in [4.78, 5) is 3.37. The van der Waals surface area contributed by atoms with Gasteiger partial charge in [-0.25, -0.2) is 13.1 Å². The predicted molar refractivity (Wildman–Crippen MR) is 75.7 cm³/mol. The number of hydrogen-bond donors (Lipinski definition) is 1. The highest BCUT2D eigenvalue weighted by atomic mass is 32.2. The van der Waals surface area contributed by atoms with Crippen molar-refractivity contribution in [3.05, 3.63) is 21.9 Å². The van der Waals surface area contributed by atoms with Gasteiger partial charge in [-0.1, -0.05) is 0 Å². The van der Waals surface area contributed by atoms with Crippen LogP contribution in [0.3, 0.4) is 0 Å². The number of alkyl halides is 3. The zero-order chi connectivity index (χ0) is 15.7. The van der Waals surface area contributed by atoms with E-state index in [-0.39, 0.29) is 6.54 Å². The van der Waals surface area contributed by atoms with Crippen molar-refractivity contribution >= 4 is 21.4 Å². The average Bonchev–Trinajstić information content (AvgIpc) is 2.84. The molecular weight excluding hydrogens is 325 g/mol. The lowest BCUT2D eigenvalue weighted by Gasteiger charge is -2.27. The minimum Gasteiger partial charge on any atom is -0.297 e. The minimum absolute atomic E-state index is 0.0117. The van der Waals surface area contributed by atoms with E-state index in [4.69, 9.17) is 0 Å². The summed E-state index contributed by atoms with van der Waals surface area (Å²) >= 11 is 1.70. The number of sulfonamides is 1. The summed E-state index contributed by atoms with van der Waals surface area (Å²) < 4.78 is 62.4. The van der Waals surface area contributed by atoms with E-state index in [1.165, 1.54) is 10.4 Å². The molecule has 2 heterocycles. The smallest absolute Gasteiger partial charge is 0.297 e. The molecule has 0 radical (unpaired) electrons. The summed E-state index contributed by atoms with van der Waals surface area (Å²) in [6, 6.07) is 2.03. The zero-order valence-corrected chi connectivity index (χ0v) is 13.1. The fraction of sp³-hybridized carbons (Fsp3) is 0.667. The van der Waals surface area contributed by atoms with Gasteiger partial charge in [-0.15, -0.1) is 11.3 Å². The molecule has 0 unspecified atom stereocenters. The Hall–Kier alpha value is -0.640. The maximum atomic E-state index is 12.4. The Balaban J connectivity index is 1.83. The van der Waals surface area contributed by atoms with Crippen LogP contribution in [-0.4, -0.2) is 44.4 Å². The summed E-state index contributed by atoms with van der Waals surface area (Å²) in [5.74, 6) is 0. The molecule has 1 aliphatic heterocycles. The third-order valence-corrected chi connectivity index (χ3v) is 6.37. The SMILES string of the molecule is C[C@@H](C(F)(F)F)S(=O)(=O)NCCN1CCc2sccc2C1.